The summed E-state index contributed by atoms with van der Waals surface area (Å²) in [5.41, 5.74) is 2.69. The van der Waals surface area contributed by atoms with E-state index < -0.39 is 0 Å². The number of hydrogen-bond donors (Lipinski definition) is 0. The van der Waals surface area contributed by atoms with Crippen molar-refractivity contribution in [1.82, 2.24) is 4.98 Å². The highest BCUT2D eigenvalue weighted by Gasteiger charge is 2.27. The largest absolute Gasteiger partial charge is 0.255 e. The maximum Gasteiger partial charge on any atom is 0.0805 e. The van der Waals surface area contributed by atoms with Crippen molar-refractivity contribution in [2.24, 2.45) is 0 Å². The highest BCUT2D eigenvalue weighted by Crippen LogP contribution is 2.45. The van der Waals surface area contributed by atoms with E-state index in [2.05, 4.69) is 62.2 Å². The third-order valence-electron chi connectivity index (χ3n) is 4.05. The zero-order chi connectivity index (χ0) is 16.2. The monoisotopic (exact) mass is 311 g/mol. The lowest BCUT2D eigenvalue weighted by atomic mass is 9.80. The summed E-state index contributed by atoms with van der Waals surface area (Å²) in [6, 6.07) is 14.8. The van der Waals surface area contributed by atoms with Gasteiger partial charge in [0.25, 0.3) is 0 Å². The molecule has 2 heterocycles. The maximum absolute atomic E-state index is 4.56. The van der Waals surface area contributed by atoms with E-state index in [-0.39, 0.29) is 5.41 Å². The van der Waals surface area contributed by atoms with Gasteiger partial charge in [-0.15, -0.1) is 11.3 Å². The van der Waals surface area contributed by atoms with Gasteiger partial charge >= 0.3 is 0 Å². The summed E-state index contributed by atoms with van der Waals surface area (Å²) in [5.74, 6) is 0. The van der Waals surface area contributed by atoms with E-state index in [1.165, 1.54) is 20.5 Å². The first kappa shape index (κ1) is 16.7. The Kier molecular flexibility index (Phi) is 5.36. The van der Waals surface area contributed by atoms with Gasteiger partial charge in [0, 0.05) is 10.9 Å². The molecule has 0 aliphatic rings. The smallest absolute Gasteiger partial charge is 0.0805 e. The molecular formula is C20H25NS. The number of nitrogens with zero attached hydrogens (tertiary/aromatic N) is 1. The van der Waals surface area contributed by atoms with Gasteiger partial charge in [-0.3, -0.25) is 4.98 Å². The molecule has 0 unspecified atom stereocenters. The number of aromatic nitrogens is 1. The van der Waals surface area contributed by atoms with Gasteiger partial charge in [0.15, 0.2) is 0 Å². The highest BCUT2D eigenvalue weighted by molar-refractivity contribution is 7.22. The van der Waals surface area contributed by atoms with Crippen LogP contribution in [0.1, 0.15) is 46.6 Å². The third kappa shape index (κ3) is 3.07. The van der Waals surface area contributed by atoms with E-state index in [1.54, 1.807) is 0 Å². The topological polar surface area (TPSA) is 12.9 Å². The van der Waals surface area contributed by atoms with Crippen molar-refractivity contribution < 1.29 is 0 Å². The second-order valence-electron chi connectivity index (χ2n) is 5.75. The first-order valence-corrected chi connectivity index (χ1v) is 8.88. The number of thiophene rings is 1. The molecule has 1 aromatic carbocycles. The molecule has 0 bridgehead atoms. The van der Waals surface area contributed by atoms with Crippen molar-refractivity contribution >= 4 is 21.4 Å². The van der Waals surface area contributed by atoms with Crippen molar-refractivity contribution in [1.29, 1.82) is 0 Å². The summed E-state index contributed by atoms with van der Waals surface area (Å²) < 4.78 is 1.35. The molecule has 1 nitrogen and oxygen atoms in total. The van der Waals surface area contributed by atoms with E-state index >= 15 is 0 Å². The minimum Gasteiger partial charge on any atom is -0.255 e. The molecule has 0 fully saturated rings. The first-order chi connectivity index (χ1) is 10.6. The van der Waals surface area contributed by atoms with Gasteiger partial charge in [-0.2, -0.15) is 0 Å². The predicted molar refractivity (Wildman–Crippen MR) is 99.7 cm³/mol. The Hall–Kier alpha value is -1.67. The van der Waals surface area contributed by atoms with Crippen molar-refractivity contribution in [3.05, 3.63) is 54.2 Å². The third-order valence-corrected chi connectivity index (χ3v) is 5.25. The molecule has 116 valence electrons. The standard InChI is InChI=1S/C18H19NS.C2H6/c1-4-18(2,3)16-13-9-5-6-11-15(13)20-17(16)14-10-7-8-12-19-14;1-2/h5-12H,4H2,1-3H3;1-2H3. The molecule has 0 amide bonds. The number of hydrogen-bond acceptors (Lipinski definition) is 2. The molecule has 0 aliphatic carbocycles. The van der Waals surface area contributed by atoms with Gasteiger partial charge < -0.3 is 0 Å². The van der Waals surface area contributed by atoms with E-state index in [9.17, 15) is 0 Å². The second kappa shape index (κ2) is 7.06. The number of benzene rings is 1. The highest BCUT2D eigenvalue weighted by atomic mass is 32.1. The van der Waals surface area contributed by atoms with Crippen LogP contribution in [0.25, 0.3) is 20.7 Å². The molecule has 2 heteroatoms. The molecular weight excluding hydrogens is 286 g/mol. The van der Waals surface area contributed by atoms with Crippen molar-refractivity contribution in [2.45, 2.75) is 46.5 Å². The summed E-state index contributed by atoms with van der Waals surface area (Å²) in [6.07, 6.45) is 3.00. The SMILES string of the molecule is CC.CCC(C)(C)c1c(-c2ccccn2)sc2ccccc12. The Labute approximate surface area is 138 Å². The van der Waals surface area contributed by atoms with Crippen LogP contribution in [0.4, 0.5) is 0 Å². The van der Waals surface area contributed by atoms with E-state index in [0.29, 0.717) is 0 Å². The Morgan fingerprint density at radius 2 is 1.68 bits per heavy atom. The fourth-order valence-corrected chi connectivity index (χ4v) is 3.93. The predicted octanol–water partition coefficient (Wildman–Crippen LogP) is 6.68. The molecule has 3 aromatic rings. The van der Waals surface area contributed by atoms with Crippen LogP contribution in [0, 0.1) is 0 Å². The maximum atomic E-state index is 4.56. The summed E-state index contributed by atoms with van der Waals surface area (Å²) in [4.78, 5) is 5.88. The molecule has 0 atom stereocenters. The lowest BCUT2D eigenvalue weighted by molar-refractivity contribution is 0.513. The Morgan fingerprint density at radius 3 is 2.32 bits per heavy atom. The van der Waals surface area contributed by atoms with Gasteiger partial charge in [0.2, 0.25) is 0 Å². The minimum atomic E-state index is 0.159. The molecule has 2 aromatic heterocycles. The number of pyridine rings is 1. The zero-order valence-corrected chi connectivity index (χ0v) is 15.0. The lowest BCUT2D eigenvalue weighted by Crippen LogP contribution is -2.16. The van der Waals surface area contributed by atoms with Crippen LogP contribution in [-0.2, 0) is 5.41 Å². The molecule has 0 radical (unpaired) electrons. The van der Waals surface area contributed by atoms with Crippen LogP contribution >= 0.6 is 11.3 Å². The fourth-order valence-electron chi connectivity index (χ4n) is 2.57. The average molecular weight is 311 g/mol. The zero-order valence-electron chi connectivity index (χ0n) is 14.2. The molecule has 3 rings (SSSR count). The van der Waals surface area contributed by atoms with Crippen molar-refractivity contribution in [3.8, 4) is 10.6 Å². The van der Waals surface area contributed by atoms with Crippen LogP contribution in [-0.4, -0.2) is 4.98 Å². The van der Waals surface area contributed by atoms with Gasteiger partial charge in [-0.1, -0.05) is 58.9 Å². The lowest BCUT2D eigenvalue weighted by Gasteiger charge is -2.24. The van der Waals surface area contributed by atoms with E-state index in [1.807, 2.05) is 37.4 Å². The molecule has 0 saturated heterocycles. The molecule has 0 aliphatic heterocycles. The summed E-state index contributed by atoms with van der Waals surface area (Å²) >= 11 is 1.86. The quantitative estimate of drug-likeness (QED) is 0.526. The van der Waals surface area contributed by atoms with Crippen LogP contribution in [0.2, 0.25) is 0 Å². The van der Waals surface area contributed by atoms with E-state index in [4.69, 9.17) is 0 Å². The Balaban J connectivity index is 0.000000847. The minimum absolute atomic E-state index is 0.159. The van der Waals surface area contributed by atoms with Crippen LogP contribution in [0.5, 0.6) is 0 Å². The van der Waals surface area contributed by atoms with E-state index in [0.717, 1.165) is 12.1 Å². The summed E-state index contributed by atoms with van der Waals surface area (Å²) in [5, 5.41) is 1.38. The van der Waals surface area contributed by atoms with Gasteiger partial charge in [0.1, 0.15) is 0 Å². The molecule has 0 N–H and O–H groups in total. The van der Waals surface area contributed by atoms with Crippen molar-refractivity contribution in [3.63, 3.8) is 0 Å². The summed E-state index contributed by atoms with van der Waals surface area (Å²) in [7, 11) is 0. The Bertz CT molecular complexity index is 726. The fraction of sp³-hybridized carbons (Fsp3) is 0.350. The van der Waals surface area contributed by atoms with Crippen LogP contribution < -0.4 is 0 Å². The average Bonchev–Trinajstić information content (AvgIpc) is 2.98. The van der Waals surface area contributed by atoms with Crippen LogP contribution in [0.3, 0.4) is 0 Å². The number of rotatable bonds is 3. The Morgan fingerprint density at radius 1 is 1.00 bits per heavy atom. The first-order valence-electron chi connectivity index (χ1n) is 8.07. The van der Waals surface area contributed by atoms with Crippen LogP contribution in [0.15, 0.2) is 48.7 Å². The second-order valence-corrected chi connectivity index (χ2v) is 6.81. The van der Waals surface area contributed by atoms with Gasteiger partial charge in [-0.05, 0) is 41.0 Å². The van der Waals surface area contributed by atoms with Gasteiger partial charge in [0.05, 0.1) is 10.6 Å². The van der Waals surface area contributed by atoms with Crippen molar-refractivity contribution in [2.75, 3.05) is 0 Å². The molecule has 22 heavy (non-hydrogen) atoms. The normalized spacial score (nSPS) is 11.1. The summed E-state index contributed by atoms with van der Waals surface area (Å²) in [6.45, 7) is 10.9. The molecule has 0 spiro atoms. The van der Waals surface area contributed by atoms with Gasteiger partial charge in [-0.25, -0.2) is 0 Å². The molecule has 0 saturated carbocycles. The number of fused-ring (bicyclic) bond motifs is 1.